The van der Waals surface area contributed by atoms with Crippen LogP contribution >= 0.6 is 0 Å². The van der Waals surface area contributed by atoms with Crippen LogP contribution in [0, 0.1) is 0 Å². The van der Waals surface area contributed by atoms with E-state index in [0.29, 0.717) is 17.4 Å². The van der Waals surface area contributed by atoms with Gasteiger partial charge in [-0.05, 0) is 59.1 Å². The van der Waals surface area contributed by atoms with E-state index in [2.05, 4.69) is 33.8 Å². The topological polar surface area (TPSA) is 63.6 Å². The molecule has 2 aromatic carbocycles. The number of benzene rings is 2. The predicted molar refractivity (Wildman–Crippen MR) is 105 cm³/mol. The summed E-state index contributed by atoms with van der Waals surface area (Å²) in [5.74, 6) is -0.107. The molecule has 4 heteroatoms. The molecule has 0 atom stereocenters. The largest absolute Gasteiger partial charge is 0.504 e. The number of phenols is 1. The van der Waals surface area contributed by atoms with Crippen molar-refractivity contribution in [1.29, 1.82) is 0 Å². The molecule has 27 heavy (non-hydrogen) atoms. The number of hydrogen-bond acceptors (Lipinski definition) is 4. The number of carbonyl (C=O) groups excluding carboxylic acids is 2. The van der Waals surface area contributed by atoms with Crippen molar-refractivity contribution in [3.05, 3.63) is 58.7 Å². The first-order valence-corrected chi connectivity index (χ1v) is 9.23. The van der Waals surface area contributed by atoms with Crippen LogP contribution in [0.2, 0.25) is 0 Å². The second-order valence-corrected chi connectivity index (χ2v) is 8.58. The molecule has 3 rings (SSSR count). The fourth-order valence-corrected chi connectivity index (χ4v) is 3.72. The molecule has 1 aliphatic carbocycles. The van der Waals surface area contributed by atoms with Gasteiger partial charge in [0.2, 0.25) is 0 Å². The highest BCUT2D eigenvalue weighted by Gasteiger charge is 2.37. The van der Waals surface area contributed by atoms with E-state index in [0.717, 1.165) is 12.8 Å². The maximum Gasteiger partial charge on any atom is 0.200 e. The molecule has 4 nitrogen and oxygen atoms in total. The van der Waals surface area contributed by atoms with Gasteiger partial charge in [0, 0.05) is 11.1 Å². The van der Waals surface area contributed by atoms with Crippen LogP contribution in [-0.2, 0) is 10.8 Å². The average Bonchev–Trinajstić information content (AvgIpc) is 2.64. The van der Waals surface area contributed by atoms with Crippen molar-refractivity contribution in [2.45, 2.75) is 51.4 Å². The third-order valence-corrected chi connectivity index (χ3v) is 5.65. The van der Waals surface area contributed by atoms with Gasteiger partial charge in [0.1, 0.15) is 6.29 Å². The Balaban J connectivity index is 1.81. The molecule has 2 aromatic rings. The number of aldehydes is 1. The van der Waals surface area contributed by atoms with Gasteiger partial charge in [0.15, 0.2) is 23.9 Å². The van der Waals surface area contributed by atoms with Gasteiger partial charge in [0.05, 0.1) is 0 Å². The van der Waals surface area contributed by atoms with Crippen LogP contribution in [0.4, 0.5) is 0 Å². The number of fused-ring (bicyclic) bond motifs is 1. The molecule has 0 aliphatic heterocycles. The highest BCUT2D eigenvalue weighted by atomic mass is 16.5. The molecule has 0 fully saturated rings. The van der Waals surface area contributed by atoms with E-state index < -0.39 is 0 Å². The number of ether oxygens (including phenoxy) is 1. The lowest BCUT2D eigenvalue weighted by molar-refractivity contribution is 0.0919. The highest BCUT2D eigenvalue weighted by molar-refractivity contribution is 5.97. The molecule has 0 saturated heterocycles. The molecule has 0 bridgehead atoms. The Kier molecular flexibility index (Phi) is 4.85. The Morgan fingerprint density at radius 1 is 1.04 bits per heavy atom. The van der Waals surface area contributed by atoms with Gasteiger partial charge >= 0.3 is 0 Å². The number of ketones is 1. The highest BCUT2D eigenvalue weighted by Crippen LogP contribution is 2.45. The molecular formula is C23H26O4. The van der Waals surface area contributed by atoms with Crippen molar-refractivity contribution >= 4 is 12.1 Å². The van der Waals surface area contributed by atoms with Crippen molar-refractivity contribution in [3.63, 3.8) is 0 Å². The van der Waals surface area contributed by atoms with Crippen molar-refractivity contribution in [2.24, 2.45) is 0 Å². The van der Waals surface area contributed by atoms with Gasteiger partial charge in [-0.1, -0.05) is 39.8 Å². The minimum absolute atomic E-state index is 0.0327. The van der Waals surface area contributed by atoms with Crippen molar-refractivity contribution < 1.29 is 19.4 Å². The SMILES string of the molecule is CC1(C)CCC(C)(C)c2cc(C(=O)COc3ccc(C=O)cc3O)ccc21. The Labute approximate surface area is 160 Å². The van der Waals surface area contributed by atoms with E-state index in [1.165, 1.54) is 29.3 Å². The first-order valence-electron chi connectivity index (χ1n) is 9.23. The van der Waals surface area contributed by atoms with E-state index in [-0.39, 0.29) is 34.7 Å². The average molecular weight is 366 g/mol. The van der Waals surface area contributed by atoms with Crippen molar-refractivity contribution in [3.8, 4) is 11.5 Å². The van der Waals surface area contributed by atoms with Crippen LogP contribution < -0.4 is 4.74 Å². The molecule has 0 heterocycles. The summed E-state index contributed by atoms with van der Waals surface area (Å²) in [6, 6.07) is 10.3. The molecule has 0 amide bonds. The van der Waals surface area contributed by atoms with Crippen LogP contribution in [0.1, 0.15) is 72.4 Å². The van der Waals surface area contributed by atoms with Gasteiger partial charge < -0.3 is 9.84 Å². The fourth-order valence-electron chi connectivity index (χ4n) is 3.72. The second kappa shape index (κ2) is 6.84. The van der Waals surface area contributed by atoms with E-state index in [1.54, 1.807) is 0 Å². The quantitative estimate of drug-likeness (QED) is 0.609. The predicted octanol–water partition coefficient (Wildman–Crippen LogP) is 4.82. The molecule has 0 aromatic heterocycles. The summed E-state index contributed by atoms with van der Waals surface area (Å²) in [5, 5.41) is 9.90. The molecule has 0 spiro atoms. The van der Waals surface area contributed by atoms with Gasteiger partial charge in [-0.25, -0.2) is 0 Å². The minimum Gasteiger partial charge on any atom is -0.504 e. The number of phenolic OH excluding ortho intramolecular Hbond substituents is 1. The zero-order valence-electron chi connectivity index (χ0n) is 16.3. The lowest BCUT2D eigenvalue weighted by Gasteiger charge is -2.42. The van der Waals surface area contributed by atoms with E-state index in [9.17, 15) is 14.7 Å². The van der Waals surface area contributed by atoms with Crippen molar-refractivity contribution in [2.75, 3.05) is 6.61 Å². The summed E-state index contributed by atoms with van der Waals surface area (Å²) in [7, 11) is 0. The second-order valence-electron chi connectivity index (χ2n) is 8.58. The van der Waals surface area contributed by atoms with Crippen LogP contribution in [0.15, 0.2) is 36.4 Å². The summed E-state index contributed by atoms with van der Waals surface area (Å²) in [4.78, 5) is 23.4. The first kappa shape index (κ1) is 19.2. The van der Waals surface area contributed by atoms with E-state index in [4.69, 9.17) is 4.74 Å². The number of Topliss-reactive ketones (excluding diaryl/α,β-unsaturated/α-hetero) is 1. The monoisotopic (exact) mass is 366 g/mol. The zero-order chi connectivity index (χ0) is 19.8. The first-order chi connectivity index (χ1) is 12.6. The van der Waals surface area contributed by atoms with Crippen LogP contribution in [0.5, 0.6) is 11.5 Å². The fraction of sp³-hybridized carbons (Fsp3) is 0.391. The van der Waals surface area contributed by atoms with Crippen LogP contribution in [0.3, 0.4) is 0 Å². The molecule has 142 valence electrons. The molecule has 0 unspecified atom stereocenters. The number of aromatic hydroxyl groups is 1. The number of hydrogen-bond donors (Lipinski definition) is 1. The Morgan fingerprint density at radius 2 is 1.70 bits per heavy atom. The molecule has 1 aliphatic rings. The van der Waals surface area contributed by atoms with Crippen LogP contribution in [0.25, 0.3) is 0 Å². The summed E-state index contributed by atoms with van der Waals surface area (Å²) >= 11 is 0. The maximum absolute atomic E-state index is 12.6. The van der Waals surface area contributed by atoms with Gasteiger partial charge in [0.25, 0.3) is 0 Å². The smallest absolute Gasteiger partial charge is 0.200 e. The normalized spacial score (nSPS) is 17.0. The summed E-state index contributed by atoms with van der Waals surface area (Å²) in [6.07, 6.45) is 2.85. The lowest BCUT2D eigenvalue weighted by Crippen LogP contribution is -2.34. The van der Waals surface area contributed by atoms with Crippen LogP contribution in [-0.4, -0.2) is 23.8 Å². The third kappa shape index (κ3) is 3.75. The Bertz CT molecular complexity index is 893. The lowest BCUT2D eigenvalue weighted by atomic mass is 9.63. The Morgan fingerprint density at radius 3 is 2.33 bits per heavy atom. The Hall–Kier alpha value is -2.62. The third-order valence-electron chi connectivity index (χ3n) is 5.65. The number of rotatable bonds is 5. The number of carbonyl (C=O) groups is 2. The molecule has 0 radical (unpaired) electrons. The van der Waals surface area contributed by atoms with Crippen molar-refractivity contribution in [1.82, 2.24) is 0 Å². The summed E-state index contributed by atoms with van der Waals surface area (Å²) in [5.41, 5.74) is 3.63. The van der Waals surface area contributed by atoms with E-state index in [1.807, 2.05) is 12.1 Å². The van der Waals surface area contributed by atoms with Gasteiger partial charge in [-0.15, -0.1) is 0 Å². The molecule has 0 saturated carbocycles. The standard InChI is InChI=1S/C23H26O4/c1-22(2)9-10-23(3,4)18-12-16(6-7-17(18)22)20(26)14-27-21-8-5-15(13-24)11-19(21)25/h5-8,11-13,25H,9-10,14H2,1-4H3. The minimum atomic E-state index is -0.170. The van der Waals surface area contributed by atoms with E-state index >= 15 is 0 Å². The maximum atomic E-state index is 12.6. The summed E-state index contributed by atoms with van der Waals surface area (Å²) < 4.78 is 5.47. The molecule has 1 N–H and O–H groups in total. The van der Waals surface area contributed by atoms with Gasteiger partial charge in [-0.2, -0.15) is 0 Å². The molecular weight excluding hydrogens is 340 g/mol. The zero-order valence-corrected chi connectivity index (χ0v) is 16.3. The van der Waals surface area contributed by atoms with Gasteiger partial charge in [-0.3, -0.25) is 9.59 Å². The summed E-state index contributed by atoms with van der Waals surface area (Å²) in [6.45, 7) is 8.77.